The summed E-state index contributed by atoms with van der Waals surface area (Å²) in [5.41, 5.74) is -5.08. The summed E-state index contributed by atoms with van der Waals surface area (Å²) in [5, 5.41) is 23.3. The van der Waals surface area contributed by atoms with Crippen LogP contribution in [0.4, 0.5) is 26.3 Å². The first-order chi connectivity index (χ1) is 16.6. The number of alkyl halides is 6. The Morgan fingerprint density at radius 3 is 2.25 bits per heavy atom. The van der Waals surface area contributed by atoms with Crippen LogP contribution in [-0.4, -0.2) is 54.0 Å². The monoisotopic (exact) mass is 521 g/mol. The Bertz CT molecular complexity index is 949. The first-order valence-corrected chi connectivity index (χ1v) is 12.0. The maximum atomic E-state index is 13.5. The van der Waals surface area contributed by atoms with Crippen molar-refractivity contribution in [3.63, 3.8) is 0 Å². The van der Waals surface area contributed by atoms with Crippen LogP contribution >= 0.6 is 0 Å². The molecule has 0 aromatic heterocycles. The summed E-state index contributed by atoms with van der Waals surface area (Å²) < 4.78 is 86.9. The molecule has 1 aromatic carbocycles. The van der Waals surface area contributed by atoms with Crippen molar-refractivity contribution < 1.29 is 41.3 Å². The number of hydrogen-bond acceptors (Lipinski definition) is 4. The quantitative estimate of drug-likeness (QED) is 0.392. The molecule has 1 aliphatic carbocycles. The molecule has 10 heteroatoms. The van der Waals surface area contributed by atoms with Gasteiger partial charge in [0.25, 0.3) is 0 Å². The minimum absolute atomic E-state index is 0.00981. The maximum absolute atomic E-state index is 13.5. The number of hydrogen-bond donors (Lipinski definition) is 3. The van der Waals surface area contributed by atoms with Crippen LogP contribution in [0.1, 0.15) is 51.5 Å². The first-order valence-electron chi connectivity index (χ1n) is 12.0. The van der Waals surface area contributed by atoms with Gasteiger partial charge in [0, 0.05) is 24.1 Å². The fourth-order valence-electron chi connectivity index (χ4n) is 4.95. The molecular formula is C26H33F6NO3. The van der Waals surface area contributed by atoms with E-state index in [-0.39, 0.29) is 25.8 Å². The van der Waals surface area contributed by atoms with Gasteiger partial charge in [-0.3, -0.25) is 0 Å². The van der Waals surface area contributed by atoms with Crippen molar-refractivity contribution in [2.75, 3.05) is 19.8 Å². The third kappa shape index (κ3) is 6.51. The minimum Gasteiger partial charge on any atom is -0.396 e. The molecule has 1 aliphatic heterocycles. The molecule has 1 aromatic rings. The highest BCUT2D eigenvalue weighted by Crippen LogP contribution is 2.47. The number of nitrogens with one attached hydrogen (secondary N) is 1. The third-order valence-corrected chi connectivity index (χ3v) is 7.49. The van der Waals surface area contributed by atoms with Gasteiger partial charge < -0.3 is 20.3 Å². The van der Waals surface area contributed by atoms with Crippen LogP contribution in [0.2, 0.25) is 0 Å². The van der Waals surface area contributed by atoms with Gasteiger partial charge in [0.15, 0.2) is 0 Å². The van der Waals surface area contributed by atoms with Crippen LogP contribution in [0.3, 0.4) is 0 Å². The highest BCUT2D eigenvalue weighted by molar-refractivity contribution is 5.37. The number of aliphatic hydroxyl groups is 2. The highest BCUT2D eigenvalue weighted by atomic mass is 19.4. The van der Waals surface area contributed by atoms with Crippen LogP contribution in [0.25, 0.3) is 0 Å². The number of aliphatic hydroxyl groups excluding tert-OH is 1. The number of benzene rings is 1. The zero-order chi connectivity index (χ0) is 26.8. The van der Waals surface area contributed by atoms with E-state index in [4.69, 9.17) is 9.84 Å². The Labute approximate surface area is 207 Å². The maximum Gasteiger partial charge on any atom is 0.416 e. The number of ether oxygens (including phenoxy) is 1. The van der Waals surface area contributed by atoms with Crippen molar-refractivity contribution in [2.24, 2.45) is 5.41 Å². The van der Waals surface area contributed by atoms with Gasteiger partial charge in [-0.1, -0.05) is 43.3 Å². The third-order valence-electron chi connectivity index (χ3n) is 7.49. The molecule has 1 saturated heterocycles. The minimum atomic E-state index is -4.92. The lowest BCUT2D eigenvalue weighted by molar-refractivity contribution is -0.109. The van der Waals surface area contributed by atoms with Crippen LogP contribution < -0.4 is 5.32 Å². The largest absolute Gasteiger partial charge is 0.416 e. The lowest BCUT2D eigenvalue weighted by Gasteiger charge is -2.47. The van der Waals surface area contributed by atoms with Gasteiger partial charge in [0.05, 0.1) is 29.4 Å². The molecule has 4 nitrogen and oxygen atoms in total. The van der Waals surface area contributed by atoms with E-state index in [1.807, 2.05) is 30.3 Å². The number of β-amino-alcohol motifs (C(OH)–C–C–N with tert-alkyl or cyclic N) is 1. The molecular weight excluding hydrogens is 488 g/mol. The lowest BCUT2D eigenvalue weighted by atomic mass is 9.73. The molecule has 0 radical (unpaired) electrons. The van der Waals surface area contributed by atoms with Crippen LogP contribution in [0.5, 0.6) is 0 Å². The Kier molecular flexibility index (Phi) is 8.35. The van der Waals surface area contributed by atoms with Gasteiger partial charge in [-0.05, 0) is 50.7 Å². The molecule has 3 rings (SSSR count). The van der Waals surface area contributed by atoms with Gasteiger partial charge in [-0.15, -0.1) is 0 Å². The van der Waals surface area contributed by atoms with E-state index in [0.717, 1.165) is 11.6 Å². The molecule has 202 valence electrons. The SMILES string of the molecule is C[C@@H](OC[C@@]1(c2ccccc2)CCC(O)(CCCO)CN1)C1(C)C=C(C(F)(F)F)C=C(C(F)(F)F)C1. The zero-order valence-electron chi connectivity index (χ0n) is 20.3. The standard InChI is InChI=1S/C26H33F6NO3/c1-18(22(2)14-20(25(27,28)29)13-21(15-22)26(30,31)32)36-17-24(19-7-4-3-5-8-19)11-10-23(35,16-33-24)9-6-12-34/h3-5,7-8,13-14,18,33-35H,6,9-12,15-17H2,1-2H3/t18-,22?,23?,24-/m1/s1. The fourth-order valence-corrected chi connectivity index (χ4v) is 4.95. The Balaban J connectivity index is 1.83. The molecule has 36 heavy (non-hydrogen) atoms. The van der Waals surface area contributed by atoms with E-state index in [1.54, 1.807) is 0 Å². The van der Waals surface area contributed by atoms with Crippen molar-refractivity contribution in [2.45, 2.75) is 75.5 Å². The van der Waals surface area contributed by atoms with Crippen LogP contribution in [0.15, 0.2) is 53.6 Å². The smallest absolute Gasteiger partial charge is 0.396 e. The summed E-state index contributed by atoms with van der Waals surface area (Å²) in [6.45, 7) is 2.98. The molecule has 1 fully saturated rings. The van der Waals surface area contributed by atoms with Crippen LogP contribution in [0, 0.1) is 5.41 Å². The molecule has 0 amide bonds. The normalized spacial score (nSPS) is 30.5. The van der Waals surface area contributed by atoms with E-state index in [0.29, 0.717) is 25.7 Å². The summed E-state index contributed by atoms with van der Waals surface area (Å²) in [4.78, 5) is 0. The van der Waals surface area contributed by atoms with Gasteiger partial charge in [0.1, 0.15) is 0 Å². The van der Waals surface area contributed by atoms with Crippen LogP contribution in [-0.2, 0) is 10.3 Å². The number of piperidine rings is 1. The topological polar surface area (TPSA) is 61.7 Å². The molecule has 0 saturated carbocycles. The van der Waals surface area contributed by atoms with E-state index >= 15 is 0 Å². The number of allylic oxidation sites excluding steroid dienone is 3. The number of rotatable bonds is 8. The summed E-state index contributed by atoms with van der Waals surface area (Å²) in [6, 6.07) is 9.23. The zero-order valence-corrected chi connectivity index (χ0v) is 20.3. The Hall–Kier alpha value is -1.88. The predicted octanol–water partition coefficient (Wildman–Crippen LogP) is 5.56. The predicted molar refractivity (Wildman–Crippen MR) is 123 cm³/mol. The Morgan fingerprint density at radius 2 is 1.72 bits per heavy atom. The van der Waals surface area contributed by atoms with Crippen molar-refractivity contribution in [3.05, 3.63) is 59.2 Å². The van der Waals surface area contributed by atoms with Crippen molar-refractivity contribution in [1.82, 2.24) is 5.32 Å². The van der Waals surface area contributed by atoms with E-state index < -0.39 is 52.6 Å². The van der Waals surface area contributed by atoms with E-state index in [2.05, 4.69) is 5.32 Å². The molecule has 2 unspecified atom stereocenters. The molecule has 0 bridgehead atoms. The molecule has 4 atom stereocenters. The second kappa shape index (κ2) is 10.5. The van der Waals surface area contributed by atoms with Crippen molar-refractivity contribution in [1.29, 1.82) is 0 Å². The van der Waals surface area contributed by atoms with Crippen molar-refractivity contribution >= 4 is 0 Å². The van der Waals surface area contributed by atoms with Crippen molar-refractivity contribution in [3.8, 4) is 0 Å². The van der Waals surface area contributed by atoms with Gasteiger partial charge in [0.2, 0.25) is 0 Å². The second-order valence-corrected chi connectivity index (χ2v) is 10.3. The highest BCUT2D eigenvalue weighted by Gasteiger charge is 2.48. The molecule has 1 heterocycles. The Morgan fingerprint density at radius 1 is 1.06 bits per heavy atom. The average molecular weight is 522 g/mol. The van der Waals surface area contributed by atoms with E-state index in [9.17, 15) is 31.4 Å². The summed E-state index contributed by atoms with van der Waals surface area (Å²) in [7, 11) is 0. The number of halogens is 6. The second-order valence-electron chi connectivity index (χ2n) is 10.3. The lowest BCUT2D eigenvalue weighted by Crippen LogP contribution is -2.58. The summed E-state index contributed by atoms with van der Waals surface area (Å²) in [5.74, 6) is 0. The molecule has 3 N–H and O–H groups in total. The molecule has 0 spiro atoms. The summed E-state index contributed by atoms with van der Waals surface area (Å²) >= 11 is 0. The van der Waals surface area contributed by atoms with Gasteiger partial charge >= 0.3 is 12.4 Å². The average Bonchev–Trinajstić information content (AvgIpc) is 2.81. The van der Waals surface area contributed by atoms with Gasteiger partial charge in [-0.2, -0.15) is 26.3 Å². The fraction of sp³-hybridized carbons (Fsp3) is 0.615. The first kappa shape index (κ1) is 28.7. The molecule has 2 aliphatic rings. The summed E-state index contributed by atoms with van der Waals surface area (Å²) in [6.07, 6.45) is -8.75. The van der Waals surface area contributed by atoms with Gasteiger partial charge in [-0.25, -0.2) is 0 Å². The van der Waals surface area contributed by atoms with E-state index in [1.165, 1.54) is 13.8 Å².